The van der Waals surface area contributed by atoms with Crippen molar-refractivity contribution in [2.45, 2.75) is 0 Å². The number of fused-ring (bicyclic) bond motifs is 8. The lowest BCUT2D eigenvalue weighted by atomic mass is 9.96. The van der Waals surface area contributed by atoms with E-state index in [9.17, 15) is 0 Å². The van der Waals surface area contributed by atoms with Crippen molar-refractivity contribution >= 4 is 85.1 Å². The highest BCUT2D eigenvalue weighted by Gasteiger charge is 2.22. The van der Waals surface area contributed by atoms with Crippen LogP contribution in [0.4, 0.5) is 0 Å². The summed E-state index contributed by atoms with van der Waals surface area (Å²) in [6.07, 6.45) is 0. The van der Waals surface area contributed by atoms with Gasteiger partial charge in [-0.05, 0) is 64.7 Å². The third-order valence-corrected chi connectivity index (χ3v) is 17.9. The highest BCUT2D eigenvalue weighted by atomic mass is 32.1. The molecule has 16 rings (SSSR count). The van der Waals surface area contributed by atoms with E-state index in [2.05, 4.69) is 224 Å². The van der Waals surface area contributed by atoms with Crippen LogP contribution in [0.3, 0.4) is 0 Å². The zero-order chi connectivity index (χ0) is 54.1. The highest BCUT2D eigenvalue weighted by Crippen LogP contribution is 2.47. The van der Waals surface area contributed by atoms with Crippen molar-refractivity contribution in [3.63, 3.8) is 0 Å². The summed E-state index contributed by atoms with van der Waals surface area (Å²) < 4.78 is 4.74. The van der Waals surface area contributed by atoms with E-state index in [1.54, 1.807) is 22.7 Å². The summed E-state index contributed by atoms with van der Waals surface area (Å²) >= 11 is 3.60. The van der Waals surface area contributed by atoms with E-state index >= 15 is 0 Å². The molecule has 10 aromatic carbocycles. The van der Waals surface area contributed by atoms with Crippen LogP contribution in [0.2, 0.25) is 0 Å². The Morgan fingerprint density at radius 1 is 0.244 bits per heavy atom. The Labute approximate surface area is 480 Å². The third-order valence-electron chi connectivity index (χ3n) is 15.5. The molecule has 0 unspecified atom stereocenters. The molecule has 382 valence electrons. The molecule has 0 saturated carbocycles. The second kappa shape index (κ2) is 19.8. The van der Waals surface area contributed by atoms with E-state index in [4.69, 9.17) is 29.9 Å². The Morgan fingerprint density at radius 2 is 0.646 bits per heavy atom. The minimum Gasteiger partial charge on any atom is -0.246 e. The van der Waals surface area contributed by atoms with E-state index < -0.39 is 0 Å². The summed E-state index contributed by atoms with van der Waals surface area (Å²) in [6.45, 7) is 0. The quantitative estimate of drug-likeness (QED) is 0.143. The summed E-state index contributed by atoms with van der Waals surface area (Å²) in [5.41, 5.74) is 20.2. The number of para-hydroxylation sites is 2. The van der Waals surface area contributed by atoms with Crippen LogP contribution in [0.15, 0.2) is 267 Å². The summed E-state index contributed by atoms with van der Waals surface area (Å²) in [4.78, 5) is 31.5. The van der Waals surface area contributed by atoms with Crippen molar-refractivity contribution in [2.75, 3.05) is 0 Å². The lowest BCUT2D eigenvalue weighted by molar-refractivity contribution is 1.18. The normalized spacial score (nSPS) is 11.7. The molecule has 0 spiro atoms. The molecule has 16 aromatic rings. The molecule has 6 heterocycles. The summed E-state index contributed by atoms with van der Waals surface area (Å²) in [6, 6.07) is 93.7. The van der Waals surface area contributed by atoms with E-state index in [-0.39, 0.29) is 0 Å². The van der Waals surface area contributed by atoms with Crippen molar-refractivity contribution in [2.24, 2.45) is 0 Å². The molecule has 0 aliphatic rings. The fourth-order valence-electron chi connectivity index (χ4n) is 11.6. The van der Waals surface area contributed by atoms with Gasteiger partial charge in [0.2, 0.25) is 0 Å². The van der Waals surface area contributed by atoms with Crippen LogP contribution in [0, 0.1) is 0 Å². The molecule has 6 aromatic heterocycles. The first-order chi connectivity index (χ1) is 40.6. The molecule has 8 heteroatoms. The van der Waals surface area contributed by atoms with Gasteiger partial charge < -0.3 is 0 Å². The van der Waals surface area contributed by atoms with E-state index in [1.807, 2.05) is 42.5 Å². The number of thiophene rings is 2. The number of hydrogen-bond donors (Lipinski definition) is 0. The smallest absolute Gasteiger partial charge is 0.160 e. The maximum absolute atomic E-state index is 5.46. The average Bonchev–Trinajstić information content (AvgIpc) is 4.33. The molecule has 0 bridgehead atoms. The van der Waals surface area contributed by atoms with Gasteiger partial charge in [0.1, 0.15) is 0 Å². The molecule has 0 radical (unpaired) electrons. The van der Waals surface area contributed by atoms with Gasteiger partial charge in [0.05, 0.1) is 54.2 Å². The Bertz CT molecular complexity index is 5080. The molecule has 0 fully saturated rings. The topological polar surface area (TPSA) is 77.3 Å². The molecular weight excluding hydrogens is 1040 g/mol. The van der Waals surface area contributed by atoms with Gasteiger partial charge in [-0.15, -0.1) is 22.7 Å². The molecule has 0 amide bonds. The SMILES string of the molecule is c1ccc(-c2cc(-c3ccc(-c4c5ccccc5nc5c4sc4cccc(-c6ccc(-c7cc(-c8ccccc8)nc(-c8cccc(-c9c%10ccccc%10nc%10c9sc9ccccc9%10)c8)n7)cc6)c45)cc3)nc(-c3ccccc3)n2)cc1. The number of aromatic nitrogens is 6. The number of nitrogens with zero attached hydrogens (tertiary/aromatic N) is 6. The van der Waals surface area contributed by atoms with Gasteiger partial charge in [0.25, 0.3) is 0 Å². The van der Waals surface area contributed by atoms with Crippen molar-refractivity contribution in [1.82, 2.24) is 29.9 Å². The van der Waals surface area contributed by atoms with Crippen LogP contribution in [0.25, 0.3) is 164 Å². The molecule has 0 aliphatic carbocycles. The number of pyridine rings is 2. The van der Waals surface area contributed by atoms with Gasteiger partial charge in [-0.3, -0.25) is 0 Å². The van der Waals surface area contributed by atoms with Crippen LogP contribution in [-0.4, -0.2) is 29.9 Å². The van der Waals surface area contributed by atoms with E-state index in [0.717, 1.165) is 121 Å². The van der Waals surface area contributed by atoms with E-state index in [1.165, 1.54) is 30.6 Å². The van der Waals surface area contributed by atoms with Crippen molar-refractivity contribution in [3.8, 4) is 101 Å². The van der Waals surface area contributed by atoms with Crippen LogP contribution < -0.4 is 0 Å². The summed E-state index contributed by atoms with van der Waals surface area (Å²) in [5, 5.41) is 4.56. The molecule has 0 aliphatic heterocycles. The maximum Gasteiger partial charge on any atom is 0.160 e. The fraction of sp³-hybridized carbons (Fsp3) is 0. The Morgan fingerprint density at radius 3 is 1.26 bits per heavy atom. The summed E-state index contributed by atoms with van der Waals surface area (Å²) in [7, 11) is 0. The third kappa shape index (κ3) is 8.31. The minimum atomic E-state index is 0.662. The second-order valence-corrected chi connectivity index (χ2v) is 22.6. The van der Waals surface area contributed by atoms with Gasteiger partial charge in [0.15, 0.2) is 11.6 Å². The van der Waals surface area contributed by atoms with Crippen LogP contribution in [0.5, 0.6) is 0 Å². The predicted molar refractivity (Wildman–Crippen MR) is 343 cm³/mol. The monoisotopic (exact) mass is 1080 g/mol. The maximum atomic E-state index is 5.46. The number of hydrogen-bond acceptors (Lipinski definition) is 8. The Kier molecular flexibility index (Phi) is 11.5. The first-order valence-corrected chi connectivity index (χ1v) is 29.0. The fourth-order valence-corrected chi connectivity index (χ4v) is 14.0. The Hall–Kier alpha value is -10.4. The molecule has 6 nitrogen and oxygen atoms in total. The average molecular weight is 1080 g/mol. The number of rotatable bonds is 9. The first-order valence-electron chi connectivity index (χ1n) is 27.3. The molecule has 0 saturated heterocycles. The Balaban J connectivity index is 0.782. The van der Waals surface area contributed by atoms with Crippen molar-refractivity contribution < 1.29 is 0 Å². The first kappa shape index (κ1) is 47.6. The van der Waals surface area contributed by atoms with Gasteiger partial charge in [-0.2, -0.15) is 0 Å². The minimum absolute atomic E-state index is 0.662. The van der Waals surface area contributed by atoms with Gasteiger partial charge in [-0.25, -0.2) is 29.9 Å². The largest absolute Gasteiger partial charge is 0.246 e. The lowest BCUT2D eigenvalue weighted by Gasteiger charge is -2.13. The van der Waals surface area contributed by atoms with Gasteiger partial charge in [-0.1, -0.05) is 224 Å². The zero-order valence-corrected chi connectivity index (χ0v) is 45.5. The van der Waals surface area contributed by atoms with Crippen LogP contribution in [-0.2, 0) is 0 Å². The molecule has 0 N–H and O–H groups in total. The number of benzene rings is 10. The van der Waals surface area contributed by atoms with Gasteiger partial charge in [0, 0.05) is 75.5 Å². The van der Waals surface area contributed by atoms with Crippen LogP contribution >= 0.6 is 22.7 Å². The second-order valence-electron chi connectivity index (χ2n) is 20.5. The highest BCUT2D eigenvalue weighted by molar-refractivity contribution is 7.26. The summed E-state index contributed by atoms with van der Waals surface area (Å²) in [5.74, 6) is 1.36. The van der Waals surface area contributed by atoms with E-state index in [0.29, 0.717) is 11.6 Å². The predicted octanol–water partition coefficient (Wildman–Crippen LogP) is 20.1. The van der Waals surface area contributed by atoms with Crippen molar-refractivity contribution in [3.05, 3.63) is 267 Å². The van der Waals surface area contributed by atoms with Gasteiger partial charge >= 0.3 is 0 Å². The molecular formula is C74H44N6S2. The van der Waals surface area contributed by atoms with Crippen molar-refractivity contribution in [1.29, 1.82) is 0 Å². The lowest BCUT2D eigenvalue weighted by Crippen LogP contribution is -1.96. The zero-order valence-electron chi connectivity index (χ0n) is 43.9. The van der Waals surface area contributed by atoms with Crippen LogP contribution in [0.1, 0.15) is 0 Å². The standard InChI is InChI=1S/C74H44N6S2/c1-4-18-46(19-5-1)60-43-62(78-73(77-60)51-22-8-3-9-23-51)49-38-40-50(41-39-49)66-55-26-10-14-31-59(55)76-70-68-54(29-17-33-65(68)82-72(66)70)45-34-36-48(37-35-45)63-44-61(47-20-6-2-7-21-47)79-74(80-63)53-25-16-24-52(42-53)67-56-27-11-13-30-58(56)75-69-57-28-12-15-32-64(57)81-71(67)69/h1-44H. The molecule has 82 heavy (non-hydrogen) atoms. The molecule has 0 atom stereocenters.